The second-order valence-electron chi connectivity index (χ2n) is 9.88. The Bertz CT molecular complexity index is 745. The third-order valence-corrected chi connectivity index (χ3v) is 6.04. The third-order valence-electron chi connectivity index (χ3n) is 6.04. The number of aliphatic hydroxyl groups is 1. The number of aliphatic hydroxyl groups excluding tert-OH is 1. The van der Waals surface area contributed by atoms with E-state index in [-0.39, 0.29) is 47.6 Å². The van der Waals surface area contributed by atoms with Crippen LogP contribution in [0.25, 0.3) is 0 Å². The van der Waals surface area contributed by atoms with Gasteiger partial charge in [0.2, 0.25) is 5.91 Å². The predicted molar refractivity (Wildman–Crippen MR) is 121 cm³/mol. The minimum atomic E-state index is -0.587. The number of carbonyl (C=O) groups is 2. The van der Waals surface area contributed by atoms with Crippen molar-refractivity contribution < 1.29 is 14.7 Å². The molecule has 1 aromatic rings. The van der Waals surface area contributed by atoms with Crippen molar-refractivity contribution in [2.75, 3.05) is 13.1 Å². The standard InChI is InChI=1S/C23H35N3O3.ClH/c1-14(2)12-18(22(29)26-11-10-17-20(26)19(27)13-24-17)25-21(28)15-6-8-16(9-7-15)23(3,4)5;/h6-9,14,17-20,24,27H,10-13H2,1-5H3,(H,25,28);1H. The normalized spacial score (nSPS) is 24.4. The molecule has 0 saturated carbocycles. The van der Waals surface area contributed by atoms with Gasteiger partial charge in [0.25, 0.3) is 5.91 Å². The number of hydrogen-bond acceptors (Lipinski definition) is 4. The number of hydrogen-bond donors (Lipinski definition) is 3. The van der Waals surface area contributed by atoms with E-state index in [1.807, 2.05) is 38.1 Å². The van der Waals surface area contributed by atoms with E-state index in [0.29, 0.717) is 25.1 Å². The molecule has 2 fully saturated rings. The van der Waals surface area contributed by atoms with E-state index in [2.05, 4.69) is 31.4 Å². The second kappa shape index (κ2) is 9.67. The molecular formula is C23H36ClN3O3. The van der Waals surface area contributed by atoms with E-state index in [4.69, 9.17) is 0 Å². The summed E-state index contributed by atoms with van der Waals surface area (Å²) in [5.74, 6) is -0.0588. The molecule has 7 heteroatoms. The van der Waals surface area contributed by atoms with E-state index < -0.39 is 12.1 Å². The van der Waals surface area contributed by atoms with Crippen molar-refractivity contribution >= 4 is 24.2 Å². The van der Waals surface area contributed by atoms with Crippen LogP contribution < -0.4 is 10.6 Å². The molecule has 0 spiro atoms. The molecule has 2 saturated heterocycles. The fourth-order valence-corrected chi connectivity index (χ4v) is 4.42. The molecule has 0 bridgehead atoms. The molecule has 3 N–H and O–H groups in total. The lowest BCUT2D eigenvalue weighted by Gasteiger charge is -2.31. The maximum Gasteiger partial charge on any atom is 0.251 e. The molecule has 0 aromatic heterocycles. The molecule has 1 aromatic carbocycles. The highest BCUT2D eigenvalue weighted by Crippen LogP contribution is 2.27. The molecule has 2 amide bonds. The smallest absolute Gasteiger partial charge is 0.251 e. The van der Waals surface area contributed by atoms with E-state index in [9.17, 15) is 14.7 Å². The highest BCUT2D eigenvalue weighted by molar-refractivity contribution is 5.97. The SMILES string of the molecule is CC(C)CC(NC(=O)c1ccc(C(C)(C)C)cc1)C(=O)N1CCC2NCC(O)C21.Cl. The number of halogens is 1. The number of carbonyl (C=O) groups excluding carboxylic acids is 2. The molecule has 6 nitrogen and oxygen atoms in total. The first kappa shape index (κ1) is 24.6. The number of nitrogens with one attached hydrogen (secondary N) is 2. The zero-order valence-electron chi connectivity index (χ0n) is 18.6. The van der Waals surface area contributed by atoms with Gasteiger partial charge in [-0.25, -0.2) is 0 Å². The molecule has 30 heavy (non-hydrogen) atoms. The van der Waals surface area contributed by atoms with Crippen LogP contribution in [-0.2, 0) is 10.2 Å². The Kier molecular flexibility index (Phi) is 7.94. The van der Waals surface area contributed by atoms with Crippen molar-refractivity contribution in [3.63, 3.8) is 0 Å². The maximum atomic E-state index is 13.3. The summed E-state index contributed by atoms with van der Waals surface area (Å²) in [6, 6.07) is 6.96. The molecule has 2 aliphatic rings. The molecule has 4 atom stereocenters. The third kappa shape index (κ3) is 5.34. The molecule has 3 rings (SSSR count). The fraction of sp³-hybridized carbons (Fsp3) is 0.652. The molecule has 0 radical (unpaired) electrons. The van der Waals surface area contributed by atoms with Crippen LogP contribution in [0.1, 0.15) is 63.4 Å². The van der Waals surface area contributed by atoms with Crippen LogP contribution in [0.3, 0.4) is 0 Å². The number of likely N-dealkylation sites (tertiary alicyclic amines) is 1. The van der Waals surface area contributed by atoms with Gasteiger partial charge in [0.1, 0.15) is 6.04 Å². The Morgan fingerprint density at radius 1 is 1.23 bits per heavy atom. The number of rotatable bonds is 5. The summed E-state index contributed by atoms with van der Waals surface area (Å²) in [7, 11) is 0. The molecule has 0 aliphatic carbocycles. The molecule has 2 aliphatic heterocycles. The lowest BCUT2D eigenvalue weighted by Crippen LogP contribution is -2.53. The van der Waals surface area contributed by atoms with Crippen LogP contribution in [0.5, 0.6) is 0 Å². The maximum absolute atomic E-state index is 13.3. The topological polar surface area (TPSA) is 81.7 Å². The van der Waals surface area contributed by atoms with Gasteiger partial charge in [0, 0.05) is 24.7 Å². The molecule has 168 valence electrons. The summed E-state index contributed by atoms with van der Waals surface area (Å²) >= 11 is 0. The van der Waals surface area contributed by atoms with Gasteiger partial charge in [-0.05, 0) is 41.9 Å². The van der Waals surface area contributed by atoms with Gasteiger partial charge >= 0.3 is 0 Å². The Morgan fingerprint density at radius 3 is 2.43 bits per heavy atom. The van der Waals surface area contributed by atoms with Gasteiger partial charge in [-0.1, -0.05) is 46.8 Å². The quantitative estimate of drug-likeness (QED) is 0.661. The van der Waals surface area contributed by atoms with Crippen LogP contribution in [0.2, 0.25) is 0 Å². The largest absolute Gasteiger partial charge is 0.390 e. The Morgan fingerprint density at radius 2 is 1.87 bits per heavy atom. The van der Waals surface area contributed by atoms with Gasteiger partial charge in [0.15, 0.2) is 0 Å². The van der Waals surface area contributed by atoms with Crippen molar-refractivity contribution in [2.24, 2.45) is 5.92 Å². The van der Waals surface area contributed by atoms with Crippen molar-refractivity contribution in [1.29, 1.82) is 0 Å². The van der Waals surface area contributed by atoms with Crippen LogP contribution in [-0.4, -0.2) is 59.1 Å². The Balaban J connectivity index is 0.00000320. The Hall–Kier alpha value is -1.63. The number of fused-ring (bicyclic) bond motifs is 1. The lowest BCUT2D eigenvalue weighted by molar-refractivity contribution is -0.136. The van der Waals surface area contributed by atoms with Crippen molar-refractivity contribution in [2.45, 2.75) is 77.1 Å². The summed E-state index contributed by atoms with van der Waals surface area (Å²) in [6.45, 7) is 11.6. The van der Waals surface area contributed by atoms with Crippen molar-refractivity contribution in [1.82, 2.24) is 15.5 Å². The first-order valence-corrected chi connectivity index (χ1v) is 10.7. The van der Waals surface area contributed by atoms with Gasteiger partial charge in [-0.2, -0.15) is 0 Å². The molecule has 4 unspecified atom stereocenters. The van der Waals surface area contributed by atoms with Crippen LogP contribution >= 0.6 is 12.4 Å². The van der Waals surface area contributed by atoms with E-state index in [1.54, 1.807) is 4.90 Å². The molecular weight excluding hydrogens is 402 g/mol. The van der Waals surface area contributed by atoms with Crippen molar-refractivity contribution in [3.8, 4) is 0 Å². The predicted octanol–water partition coefficient (Wildman–Crippen LogP) is 2.48. The molecule has 2 heterocycles. The van der Waals surface area contributed by atoms with Crippen molar-refractivity contribution in [3.05, 3.63) is 35.4 Å². The monoisotopic (exact) mass is 437 g/mol. The van der Waals surface area contributed by atoms with Gasteiger partial charge < -0.3 is 20.6 Å². The summed E-state index contributed by atoms with van der Waals surface area (Å²) < 4.78 is 0. The van der Waals surface area contributed by atoms with E-state index in [0.717, 1.165) is 12.0 Å². The fourth-order valence-electron chi connectivity index (χ4n) is 4.42. The highest BCUT2D eigenvalue weighted by atomic mass is 35.5. The summed E-state index contributed by atoms with van der Waals surface area (Å²) in [4.78, 5) is 27.9. The number of β-amino-alcohol motifs (C(OH)–C–C–N with tert-alkyl or cyclic N) is 1. The summed E-state index contributed by atoms with van der Waals surface area (Å²) in [6.07, 6.45) is 0.860. The number of amides is 2. The Labute approximate surface area is 186 Å². The van der Waals surface area contributed by atoms with Crippen LogP contribution in [0, 0.1) is 5.92 Å². The van der Waals surface area contributed by atoms with Gasteiger partial charge in [0.05, 0.1) is 12.1 Å². The average Bonchev–Trinajstić information content (AvgIpc) is 3.23. The minimum absolute atomic E-state index is 0. The average molecular weight is 438 g/mol. The van der Waals surface area contributed by atoms with Gasteiger partial charge in [-0.3, -0.25) is 9.59 Å². The first-order chi connectivity index (χ1) is 13.6. The minimum Gasteiger partial charge on any atom is -0.390 e. The lowest BCUT2D eigenvalue weighted by atomic mass is 9.86. The van der Waals surface area contributed by atoms with Gasteiger partial charge in [-0.15, -0.1) is 12.4 Å². The zero-order valence-corrected chi connectivity index (χ0v) is 19.5. The van der Waals surface area contributed by atoms with E-state index in [1.165, 1.54) is 0 Å². The summed E-state index contributed by atoms with van der Waals surface area (Å²) in [5.41, 5.74) is 1.74. The summed E-state index contributed by atoms with van der Waals surface area (Å²) in [5, 5.41) is 16.5. The van der Waals surface area contributed by atoms with E-state index >= 15 is 0 Å². The number of nitrogens with zero attached hydrogens (tertiary/aromatic N) is 1. The second-order valence-corrected chi connectivity index (χ2v) is 9.88. The highest BCUT2D eigenvalue weighted by Gasteiger charge is 2.46. The van der Waals surface area contributed by atoms with Crippen LogP contribution in [0.4, 0.5) is 0 Å². The number of benzene rings is 1. The first-order valence-electron chi connectivity index (χ1n) is 10.7. The zero-order chi connectivity index (χ0) is 21.3. The van der Waals surface area contributed by atoms with Crippen LogP contribution in [0.15, 0.2) is 24.3 Å².